The molecular formula is C22H28O7. The van der Waals surface area contributed by atoms with Gasteiger partial charge in [0.2, 0.25) is 0 Å². The number of allylic oxidation sites excluding steroid dienone is 1. The van der Waals surface area contributed by atoms with Gasteiger partial charge in [0, 0.05) is 24.5 Å². The normalized spacial score (nSPS) is 34.1. The van der Waals surface area contributed by atoms with E-state index in [0.717, 1.165) is 0 Å². The summed E-state index contributed by atoms with van der Waals surface area (Å²) in [5, 5.41) is 10.6. The maximum absolute atomic E-state index is 12.4. The van der Waals surface area contributed by atoms with Gasteiger partial charge >= 0.3 is 17.9 Å². The van der Waals surface area contributed by atoms with Gasteiger partial charge in [0.05, 0.1) is 12.0 Å². The Hall–Kier alpha value is -2.67. The Morgan fingerprint density at radius 3 is 2.45 bits per heavy atom. The summed E-state index contributed by atoms with van der Waals surface area (Å²) in [4.78, 5) is 36.1. The fraction of sp³-hybridized carbons (Fsp3) is 0.500. The molecule has 0 aromatic heterocycles. The third-order valence-corrected chi connectivity index (χ3v) is 5.25. The van der Waals surface area contributed by atoms with Crippen LogP contribution in [0, 0.1) is 5.92 Å². The van der Waals surface area contributed by atoms with Crippen LogP contribution in [-0.2, 0) is 28.6 Å². The first-order chi connectivity index (χ1) is 13.5. The fourth-order valence-corrected chi connectivity index (χ4v) is 3.33. The Balaban J connectivity index is 2.52. The largest absolute Gasteiger partial charge is 0.458 e. The van der Waals surface area contributed by atoms with Crippen molar-refractivity contribution in [3.63, 3.8) is 0 Å². The van der Waals surface area contributed by atoms with E-state index in [-0.39, 0.29) is 12.0 Å². The minimum Gasteiger partial charge on any atom is -0.458 e. The SMILES string of the molecule is C=C1C(=O)O[C@@H]2/C=C(/C)C(OC(C)=O)C[C@H](O)/C(C)=C\C(OC(=O)/C(C)=C\C)[C@H]12. The summed E-state index contributed by atoms with van der Waals surface area (Å²) in [7, 11) is 0. The van der Waals surface area contributed by atoms with E-state index in [2.05, 4.69) is 6.58 Å². The highest BCUT2D eigenvalue weighted by Crippen LogP contribution is 2.36. The number of hydrogen-bond acceptors (Lipinski definition) is 7. The number of esters is 3. The Kier molecular flexibility index (Phi) is 7.19. The fourth-order valence-electron chi connectivity index (χ4n) is 3.33. The smallest absolute Gasteiger partial charge is 0.334 e. The van der Waals surface area contributed by atoms with Gasteiger partial charge in [-0.2, -0.15) is 0 Å². The monoisotopic (exact) mass is 404 g/mol. The minimum atomic E-state index is -0.936. The number of fused-ring (bicyclic) bond motifs is 1. The third-order valence-electron chi connectivity index (χ3n) is 5.25. The van der Waals surface area contributed by atoms with Gasteiger partial charge in [0.1, 0.15) is 18.3 Å². The molecular weight excluding hydrogens is 376 g/mol. The molecule has 1 aliphatic carbocycles. The van der Waals surface area contributed by atoms with Crippen molar-refractivity contribution in [2.75, 3.05) is 0 Å². The number of rotatable bonds is 3. The van der Waals surface area contributed by atoms with E-state index in [0.29, 0.717) is 16.7 Å². The van der Waals surface area contributed by atoms with Crippen LogP contribution in [0.2, 0.25) is 0 Å². The second kappa shape index (κ2) is 9.22. The number of carbonyl (C=O) groups is 3. The van der Waals surface area contributed by atoms with Crippen molar-refractivity contribution >= 4 is 17.9 Å². The number of hydrogen-bond donors (Lipinski definition) is 1. The molecule has 1 N–H and O–H groups in total. The summed E-state index contributed by atoms with van der Waals surface area (Å²) in [5.74, 6) is -2.25. The van der Waals surface area contributed by atoms with E-state index < -0.39 is 48.2 Å². The lowest BCUT2D eigenvalue weighted by atomic mass is 9.85. The average molecular weight is 404 g/mol. The number of aliphatic hydroxyl groups is 1. The van der Waals surface area contributed by atoms with Crippen LogP contribution in [0.25, 0.3) is 0 Å². The molecule has 0 saturated carbocycles. The van der Waals surface area contributed by atoms with Crippen LogP contribution in [0.15, 0.2) is 47.1 Å². The topological polar surface area (TPSA) is 99.1 Å². The maximum Gasteiger partial charge on any atom is 0.334 e. The second-order valence-corrected chi connectivity index (χ2v) is 7.43. The Bertz CT molecular complexity index is 802. The second-order valence-electron chi connectivity index (χ2n) is 7.43. The summed E-state index contributed by atoms with van der Waals surface area (Å²) in [5.41, 5.74) is 1.75. The molecule has 1 heterocycles. The van der Waals surface area contributed by atoms with Crippen LogP contribution in [0.4, 0.5) is 0 Å². The maximum atomic E-state index is 12.4. The molecule has 0 bridgehead atoms. The van der Waals surface area contributed by atoms with Crippen LogP contribution < -0.4 is 0 Å². The summed E-state index contributed by atoms with van der Waals surface area (Å²) < 4.78 is 16.4. The molecule has 158 valence electrons. The molecule has 2 aliphatic rings. The van der Waals surface area contributed by atoms with Gasteiger partial charge in [0.15, 0.2) is 0 Å². The molecule has 2 unspecified atom stereocenters. The predicted molar refractivity (Wildman–Crippen MR) is 106 cm³/mol. The summed E-state index contributed by atoms with van der Waals surface area (Å²) in [6.45, 7) is 11.9. The number of carbonyl (C=O) groups excluding carboxylic acids is 3. The zero-order valence-electron chi connectivity index (χ0n) is 17.4. The number of aliphatic hydroxyl groups excluding tert-OH is 1. The van der Waals surface area contributed by atoms with Crippen LogP contribution in [0.5, 0.6) is 0 Å². The van der Waals surface area contributed by atoms with Crippen LogP contribution in [0.3, 0.4) is 0 Å². The van der Waals surface area contributed by atoms with Crippen molar-refractivity contribution in [2.24, 2.45) is 5.92 Å². The standard InChI is InChI=1S/C22H28O7/c1-7-11(2)21(25)28-18-8-12(3)16(24)10-17(27-15(6)23)13(4)9-19-20(18)14(5)22(26)29-19/h7-9,16-20,24H,5,10H2,1-4,6H3/b11-7-,12-8-,13-9-/t16-,17?,18?,19+,20-/m0/s1. The van der Waals surface area contributed by atoms with Gasteiger partial charge < -0.3 is 19.3 Å². The molecule has 1 fully saturated rings. The van der Waals surface area contributed by atoms with Crippen molar-refractivity contribution in [1.29, 1.82) is 0 Å². The van der Waals surface area contributed by atoms with Gasteiger partial charge in [0.25, 0.3) is 0 Å². The zero-order valence-corrected chi connectivity index (χ0v) is 17.4. The highest BCUT2D eigenvalue weighted by molar-refractivity contribution is 5.92. The van der Waals surface area contributed by atoms with Gasteiger partial charge in [-0.05, 0) is 51.0 Å². The zero-order chi connectivity index (χ0) is 21.9. The summed E-state index contributed by atoms with van der Waals surface area (Å²) in [6.07, 6.45) is 1.82. The molecule has 5 atom stereocenters. The molecule has 29 heavy (non-hydrogen) atoms. The minimum absolute atomic E-state index is 0.130. The summed E-state index contributed by atoms with van der Waals surface area (Å²) in [6, 6.07) is 0. The lowest BCUT2D eigenvalue weighted by Gasteiger charge is -2.29. The van der Waals surface area contributed by atoms with Crippen molar-refractivity contribution in [2.45, 2.75) is 65.5 Å². The van der Waals surface area contributed by atoms with Gasteiger partial charge in [-0.3, -0.25) is 4.79 Å². The first-order valence-electron chi connectivity index (χ1n) is 9.50. The van der Waals surface area contributed by atoms with E-state index >= 15 is 0 Å². The quantitative estimate of drug-likeness (QED) is 0.334. The van der Waals surface area contributed by atoms with Gasteiger partial charge in [-0.15, -0.1) is 0 Å². The van der Waals surface area contributed by atoms with E-state index in [1.54, 1.807) is 45.9 Å². The van der Waals surface area contributed by atoms with Crippen molar-refractivity contribution in [1.82, 2.24) is 0 Å². The van der Waals surface area contributed by atoms with E-state index in [9.17, 15) is 19.5 Å². The Morgan fingerprint density at radius 1 is 1.21 bits per heavy atom. The van der Waals surface area contributed by atoms with Gasteiger partial charge in [-0.1, -0.05) is 12.7 Å². The third kappa shape index (κ3) is 5.23. The molecule has 0 amide bonds. The van der Waals surface area contributed by atoms with Gasteiger partial charge in [-0.25, -0.2) is 9.59 Å². The lowest BCUT2D eigenvalue weighted by Crippen LogP contribution is -2.34. The molecule has 0 aromatic rings. The Morgan fingerprint density at radius 2 is 1.86 bits per heavy atom. The molecule has 0 spiro atoms. The summed E-state index contributed by atoms with van der Waals surface area (Å²) >= 11 is 0. The highest BCUT2D eigenvalue weighted by Gasteiger charge is 2.44. The molecule has 1 saturated heterocycles. The van der Waals surface area contributed by atoms with Crippen molar-refractivity contribution < 1.29 is 33.7 Å². The molecule has 0 radical (unpaired) electrons. The molecule has 2 rings (SSSR count). The molecule has 0 aromatic carbocycles. The van der Waals surface area contributed by atoms with E-state index in [1.807, 2.05) is 0 Å². The van der Waals surface area contributed by atoms with Crippen molar-refractivity contribution in [3.05, 3.63) is 47.1 Å². The van der Waals surface area contributed by atoms with Crippen molar-refractivity contribution in [3.8, 4) is 0 Å². The van der Waals surface area contributed by atoms with Crippen LogP contribution in [-0.4, -0.2) is 47.4 Å². The van der Waals surface area contributed by atoms with Crippen LogP contribution in [0.1, 0.15) is 41.0 Å². The molecule has 1 aliphatic heterocycles. The first kappa shape index (κ1) is 22.6. The predicted octanol–water partition coefficient (Wildman–Crippen LogP) is 2.55. The molecule has 7 heteroatoms. The highest BCUT2D eigenvalue weighted by atomic mass is 16.6. The first-order valence-corrected chi connectivity index (χ1v) is 9.50. The molecule has 7 nitrogen and oxygen atoms in total. The van der Waals surface area contributed by atoms with E-state index in [4.69, 9.17) is 14.2 Å². The Labute approximate surface area is 170 Å². The lowest BCUT2D eigenvalue weighted by molar-refractivity contribution is -0.147. The van der Waals surface area contributed by atoms with Crippen LogP contribution >= 0.6 is 0 Å². The average Bonchev–Trinajstić information content (AvgIpc) is 2.92. The number of ether oxygens (including phenoxy) is 3. The van der Waals surface area contributed by atoms with E-state index in [1.165, 1.54) is 6.92 Å².